The zero-order chi connectivity index (χ0) is 11.0. The van der Waals surface area contributed by atoms with Gasteiger partial charge in [-0.15, -0.1) is 0 Å². The Balaban J connectivity index is 4.08. The number of carbonyl (C=O) groups excluding carboxylic acids is 1. The average molecular weight is 206 g/mol. The first-order chi connectivity index (χ1) is 6.64. The van der Waals surface area contributed by atoms with Crippen LogP contribution >= 0.6 is 0 Å². The highest BCUT2D eigenvalue weighted by atomic mass is 16.3. The molecule has 6 heteroatoms. The summed E-state index contributed by atoms with van der Waals surface area (Å²) in [5.74, 6) is 0. The van der Waals surface area contributed by atoms with Crippen LogP contribution in [0.25, 0.3) is 0 Å². The van der Waals surface area contributed by atoms with Crippen LogP contribution in [0.1, 0.15) is 13.3 Å². The van der Waals surface area contributed by atoms with Gasteiger partial charge in [0.05, 0.1) is 19.8 Å². The van der Waals surface area contributed by atoms with Crippen molar-refractivity contribution in [1.82, 2.24) is 10.6 Å². The second-order valence-electron chi connectivity index (χ2n) is 3.14. The first-order valence-corrected chi connectivity index (χ1v) is 4.52. The summed E-state index contributed by atoms with van der Waals surface area (Å²) in [6, 6.07) is -0.510. The molecule has 0 unspecified atom stereocenters. The first kappa shape index (κ1) is 13.2. The van der Waals surface area contributed by atoms with Crippen LogP contribution in [-0.2, 0) is 0 Å². The van der Waals surface area contributed by atoms with Gasteiger partial charge in [0.15, 0.2) is 0 Å². The third-order valence-corrected chi connectivity index (χ3v) is 1.82. The standard InChI is InChI=1S/C8H18N2O4/c1-2-3-9-7(14)10-8(4-11,5-12)6-13/h11-13H,2-6H2,1H3,(H2,9,10,14). The molecule has 0 saturated heterocycles. The van der Waals surface area contributed by atoms with Crippen LogP contribution in [0.5, 0.6) is 0 Å². The largest absolute Gasteiger partial charge is 0.394 e. The number of nitrogens with one attached hydrogen (secondary N) is 2. The fourth-order valence-electron chi connectivity index (χ4n) is 0.792. The van der Waals surface area contributed by atoms with E-state index in [0.717, 1.165) is 6.42 Å². The molecule has 0 aliphatic heterocycles. The molecule has 5 N–H and O–H groups in total. The van der Waals surface area contributed by atoms with Gasteiger partial charge in [-0.1, -0.05) is 6.92 Å². The SMILES string of the molecule is CCCNC(=O)NC(CO)(CO)CO. The first-order valence-electron chi connectivity index (χ1n) is 4.52. The quantitative estimate of drug-likeness (QED) is 0.361. The normalized spacial score (nSPS) is 11.1. The second kappa shape index (κ2) is 6.58. The van der Waals surface area contributed by atoms with Gasteiger partial charge in [-0.3, -0.25) is 0 Å². The van der Waals surface area contributed by atoms with Crippen molar-refractivity contribution in [3.63, 3.8) is 0 Å². The molecule has 0 rings (SSSR count). The number of aliphatic hydroxyl groups is 3. The van der Waals surface area contributed by atoms with Crippen LogP contribution in [0.3, 0.4) is 0 Å². The van der Waals surface area contributed by atoms with Crippen molar-refractivity contribution in [3.05, 3.63) is 0 Å². The van der Waals surface area contributed by atoms with Crippen molar-refractivity contribution in [2.75, 3.05) is 26.4 Å². The Morgan fingerprint density at radius 3 is 2.07 bits per heavy atom. The molecular formula is C8H18N2O4. The van der Waals surface area contributed by atoms with Crippen molar-refractivity contribution in [2.24, 2.45) is 0 Å². The summed E-state index contributed by atoms with van der Waals surface area (Å²) in [5.41, 5.74) is -1.35. The predicted octanol–water partition coefficient (Wildman–Crippen LogP) is -1.59. The summed E-state index contributed by atoms with van der Waals surface area (Å²) in [6.45, 7) is 0.862. The maximum Gasteiger partial charge on any atom is 0.315 e. The number of urea groups is 1. The van der Waals surface area contributed by atoms with Crippen LogP contribution in [0, 0.1) is 0 Å². The highest BCUT2D eigenvalue weighted by molar-refractivity contribution is 5.74. The van der Waals surface area contributed by atoms with E-state index in [2.05, 4.69) is 10.6 Å². The summed E-state index contributed by atoms with van der Waals surface area (Å²) in [5, 5.41) is 31.5. The monoisotopic (exact) mass is 206 g/mol. The summed E-state index contributed by atoms with van der Waals surface area (Å²) in [7, 11) is 0. The number of rotatable bonds is 6. The average Bonchev–Trinajstić information content (AvgIpc) is 2.23. The minimum absolute atomic E-state index is 0.504. The second-order valence-corrected chi connectivity index (χ2v) is 3.14. The van der Waals surface area contributed by atoms with Gasteiger partial charge in [0.25, 0.3) is 0 Å². The minimum atomic E-state index is -1.35. The van der Waals surface area contributed by atoms with Crippen molar-refractivity contribution in [1.29, 1.82) is 0 Å². The molecule has 6 nitrogen and oxygen atoms in total. The number of hydrogen-bond acceptors (Lipinski definition) is 4. The van der Waals surface area contributed by atoms with Crippen molar-refractivity contribution < 1.29 is 20.1 Å². The van der Waals surface area contributed by atoms with Gasteiger partial charge in [0, 0.05) is 6.54 Å². The zero-order valence-electron chi connectivity index (χ0n) is 8.29. The molecule has 14 heavy (non-hydrogen) atoms. The van der Waals surface area contributed by atoms with E-state index in [4.69, 9.17) is 15.3 Å². The Hall–Kier alpha value is -0.850. The lowest BCUT2D eigenvalue weighted by molar-refractivity contribution is 0.0493. The topological polar surface area (TPSA) is 102 Å². The molecule has 0 aromatic carbocycles. The van der Waals surface area contributed by atoms with Crippen molar-refractivity contribution in [3.8, 4) is 0 Å². The van der Waals surface area contributed by atoms with Crippen LogP contribution in [-0.4, -0.2) is 53.3 Å². The van der Waals surface area contributed by atoms with Crippen LogP contribution < -0.4 is 10.6 Å². The summed E-state index contributed by atoms with van der Waals surface area (Å²) >= 11 is 0. The molecule has 2 amide bonds. The maximum absolute atomic E-state index is 11.1. The fourth-order valence-corrected chi connectivity index (χ4v) is 0.792. The summed E-state index contributed by atoms with van der Waals surface area (Å²) in [6.07, 6.45) is 0.789. The Labute approximate surface area is 82.9 Å². The Kier molecular flexibility index (Phi) is 6.18. The van der Waals surface area contributed by atoms with Gasteiger partial charge in [0.1, 0.15) is 5.54 Å². The maximum atomic E-state index is 11.1. The smallest absolute Gasteiger partial charge is 0.315 e. The summed E-state index contributed by atoms with van der Waals surface area (Å²) < 4.78 is 0. The van der Waals surface area contributed by atoms with E-state index in [9.17, 15) is 4.79 Å². The van der Waals surface area contributed by atoms with Gasteiger partial charge < -0.3 is 26.0 Å². The highest BCUT2D eigenvalue weighted by Gasteiger charge is 2.29. The molecule has 0 bridgehead atoms. The van der Waals surface area contributed by atoms with Crippen LogP contribution in [0.15, 0.2) is 0 Å². The lowest BCUT2D eigenvalue weighted by atomic mass is 10.0. The fraction of sp³-hybridized carbons (Fsp3) is 0.875. The van der Waals surface area contributed by atoms with Crippen molar-refractivity contribution in [2.45, 2.75) is 18.9 Å². The van der Waals surface area contributed by atoms with Gasteiger partial charge >= 0.3 is 6.03 Å². The van der Waals surface area contributed by atoms with Crippen LogP contribution in [0.2, 0.25) is 0 Å². The molecule has 0 aliphatic carbocycles. The molecule has 0 radical (unpaired) electrons. The van der Waals surface area contributed by atoms with E-state index in [0.29, 0.717) is 6.54 Å². The molecule has 0 fully saturated rings. The van der Waals surface area contributed by atoms with E-state index < -0.39 is 31.4 Å². The van der Waals surface area contributed by atoms with Gasteiger partial charge in [-0.25, -0.2) is 4.79 Å². The molecule has 0 aliphatic rings. The number of carbonyl (C=O) groups is 1. The van der Waals surface area contributed by atoms with Crippen LogP contribution in [0.4, 0.5) is 4.79 Å². The molecule has 0 aromatic rings. The zero-order valence-corrected chi connectivity index (χ0v) is 8.29. The molecule has 84 valence electrons. The minimum Gasteiger partial charge on any atom is -0.394 e. The molecule has 0 saturated carbocycles. The van der Waals surface area contributed by atoms with E-state index in [-0.39, 0.29) is 0 Å². The van der Waals surface area contributed by atoms with E-state index in [1.165, 1.54) is 0 Å². The third kappa shape index (κ3) is 3.91. The van der Waals surface area contributed by atoms with Gasteiger partial charge in [0.2, 0.25) is 0 Å². The Morgan fingerprint density at radius 2 is 1.71 bits per heavy atom. The number of hydrogen-bond donors (Lipinski definition) is 5. The third-order valence-electron chi connectivity index (χ3n) is 1.82. The van der Waals surface area contributed by atoms with Crippen molar-refractivity contribution >= 4 is 6.03 Å². The van der Waals surface area contributed by atoms with Gasteiger partial charge in [-0.2, -0.15) is 0 Å². The molecular weight excluding hydrogens is 188 g/mol. The van der Waals surface area contributed by atoms with E-state index in [1.54, 1.807) is 0 Å². The van der Waals surface area contributed by atoms with Gasteiger partial charge in [-0.05, 0) is 6.42 Å². The number of aliphatic hydroxyl groups excluding tert-OH is 3. The number of amides is 2. The summed E-state index contributed by atoms with van der Waals surface area (Å²) in [4.78, 5) is 11.1. The predicted molar refractivity (Wildman–Crippen MR) is 50.8 cm³/mol. The molecule has 0 heterocycles. The lowest BCUT2D eigenvalue weighted by Gasteiger charge is -2.28. The molecule has 0 aromatic heterocycles. The lowest BCUT2D eigenvalue weighted by Crippen LogP contribution is -2.59. The van der Waals surface area contributed by atoms with E-state index in [1.807, 2.05) is 6.92 Å². The molecule has 0 atom stereocenters. The molecule has 0 spiro atoms. The Morgan fingerprint density at radius 1 is 1.21 bits per heavy atom. The van der Waals surface area contributed by atoms with E-state index >= 15 is 0 Å². The Bertz CT molecular complexity index is 162. The highest BCUT2D eigenvalue weighted by Crippen LogP contribution is 2.00.